The molecule has 3 N–H and O–H groups in total. The summed E-state index contributed by atoms with van der Waals surface area (Å²) in [7, 11) is 0. The van der Waals surface area contributed by atoms with Gasteiger partial charge in [-0.15, -0.1) is 0 Å². The Kier molecular flexibility index (Phi) is 3.99. The van der Waals surface area contributed by atoms with Gasteiger partial charge in [0.1, 0.15) is 0 Å². The smallest absolute Gasteiger partial charge is 0.303 e. The minimum atomic E-state index is -0.959. The fraction of sp³-hybridized carbons (Fsp3) is 0.833. The molecule has 0 aliphatic heterocycles. The molecule has 0 aliphatic rings. The van der Waals surface area contributed by atoms with Crippen molar-refractivity contribution in [1.29, 1.82) is 0 Å². The fourth-order valence-corrected chi connectivity index (χ4v) is 0.513. The van der Waals surface area contributed by atoms with Crippen LogP contribution in [0.15, 0.2) is 0 Å². The van der Waals surface area contributed by atoms with Gasteiger partial charge in [0.2, 0.25) is 0 Å². The molecule has 0 heterocycles. The highest BCUT2D eigenvalue weighted by molar-refractivity contribution is 5.66. The monoisotopic (exact) mass is 148 g/mol. The van der Waals surface area contributed by atoms with E-state index < -0.39 is 18.2 Å². The van der Waals surface area contributed by atoms with E-state index in [1.165, 1.54) is 6.92 Å². The third-order valence-corrected chi connectivity index (χ3v) is 1.21. The van der Waals surface area contributed by atoms with Crippen molar-refractivity contribution in [3.8, 4) is 0 Å². The maximum absolute atomic E-state index is 9.93. The highest BCUT2D eigenvalue weighted by Crippen LogP contribution is 2.01. The van der Waals surface area contributed by atoms with E-state index in [9.17, 15) is 4.79 Å². The van der Waals surface area contributed by atoms with Crippen LogP contribution in [0.1, 0.15) is 19.8 Å². The molecule has 0 aliphatic carbocycles. The lowest BCUT2D eigenvalue weighted by atomic mass is 10.1. The van der Waals surface area contributed by atoms with Crippen LogP contribution in [0.4, 0.5) is 0 Å². The predicted molar refractivity (Wildman–Crippen MR) is 34.6 cm³/mol. The molecule has 4 heteroatoms. The lowest BCUT2D eigenvalue weighted by Crippen LogP contribution is -2.23. The normalized spacial score (nSPS) is 16.3. The van der Waals surface area contributed by atoms with Gasteiger partial charge in [-0.1, -0.05) is 0 Å². The first kappa shape index (κ1) is 9.39. The van der Waals surface area contributed by atoms with Crippen molar-refractivity contribution in [2.45, 2.75) is 32.0 Å². The summed E-state index contributed by atoms with van der Waals surface area (Å²) in [6.07, 6.45) is -1.77. The Hall–Kier alpha value is -0.610. The summed E-state index contributed by atoms with van der Waals surface area (Å²) in [5, 5.41) is 25.7. The van der Waals surface area contributed by atoms with Gasteiger partial charge in [0.25, 0.3) is 0 Å². The Labute approximate surface area is 59.1 Å². The van der Waals surface area contributed by atoms with Crippen molar-refractivity contribution < 1.29 is 20.1 Å². The quantitative estimate of drug-likeness (QED) is 0.506. The van der Waals surface area contributed by atoms with Crippen LogP contribution >= 0.6 is 0 Å². The molecule has 60 valence electrons. The molecule has 0 spiro atoms. The van der Waals surface area contributed by atoms with Gasteiger partial charge in [0.05, 0.1) is 12.2 Å². The number of carboxylic acid groups (broad SMARTS) is 1. The molecule has 0 aromatic carbocycles. The lowest BCUT2D eigenvalue weighted by molar-refractivity contribution is -0.137. The average molecular weight is 148 g/mol. The van der Waals surface area contributed by atoms with E-state index in [4.69, 9.17) is 15.3 Å². The zero-order chi connectivity index (χ0) is 8.15. The Morgan fingerprint density at radius 3 is 2.30 bits per heavy atom. The van der Waals surface area contributed by atoms with Crippen molar-refractivity contribution in [3.05, 3.63) is 0 Å². The number of hydrogen-bond acceptors (Lipinski definition) is 3. The number of carbonyl (C=O) groups is 1. The Morgan fingerprint density at radius 1 is 1.50 bits per heavy atom. The van der Waals surface area contributed by atoms with E-state index in [0.29, 0.717) is 0 Å². The summed E-state index contributed by atoms with van der Waals surface area (Å²) >= 11 is 0. The van der Waals surface area contributed by atoms with E-state index in [1.807, 2.05) is 0 Å². The summed E-state index contributed by atoms with van der Waals surface area (Å²) in [6.45, 7) is 1.42. The third kappa shape index (κ3) is 4.29. The van der Waals surface area contributed by atoms with Crippen LogP contribution < -0.4 is 0 Å². The number of aliphatic carboxylic acids is 1. The molecule has 0 rings (SSSR count). The summed E-state index contributed by atoms with van der Waals surface area (Å²) in [6, 6.07) is 0. The molecule has 0 amide bonds. The van der Waals surface area contributed by atoms with Crippen LogP contribution in [0, 0.1) is 0 Å². The maximum atomic E-state index is 9.93. The minimum absolute atomic E-state index is 0.104. The molecular weight excluding hydrogens is 136 g/mol. The zero-order valence-corrected chi connectivity index (χ0v) is 5.82. The van der Waals surface area contributed by atoms with Crippen molar-refractivity contribution in [1.82, 2.24) is 0 Å². The van der Waals surface area contributed by atoms with E-state index in [0.717, 1.165) is 0 Å². The summed E-state index contributed by atoms with van der Waals surface area (Å²) in [5.41, 5.74) is 0. The molecule has 1 unspecified atom stereocenters. The van der Waals surface area contributed by atoms with Crippen molar-refractivity contribution in [2.75, 3.05) is 0 Å². The number of rotatable bonds is 4. The van der Waals surface area contributed by atoms with E-state index >= 15 is 0 Å². The van der Waals surface area contributed by atoms with E-state index in [2.05, 4.69) is 0 Å². The Morgan fingerprint density at radius 2 is 2.00 bits per heavy atom. The summed E-state index contributed by atoms with van der Waals surface area (Å²) < 4.78 is 0. The molecule has 0 radical (unpaired) electrons. The van der Waals surface area contributed by atoms with Crippen LogP contribution in [-0.2, 0) is 4.79 Å². The molecule has 4 nitrogen and oxygen atoms in total. The molecule has 0 saturated heterocycles. The highest BCUT2D eigenvalue weighted by Gasteiger charge is 2.11. The largest absolute Gasteiger partial charge is 0.481 e. The molecule has 10 heavy (non-hydrogen) atoms. The Balaban J connectivity index is 3.39. The van der Waals surface area contributed by atoms with Crippen LogP contribution in [0.25, 0.3) is 0 Å². The van der Waals surface area contributed by atoms with Crippen molar-refractivity contribution in [2.24, 2.45) is 0 Å². The predicted octanol–water partition coefficient (Wildman–Crippen LogP) is -0.407. The molecule has 0 fully saturated rings. The second-order valence-corrected chi connectivity index (χ2v) is 2.24. The number of carboxylic acids is 1. The molecule has 2 atom stereocenters. The summed E-state index contributed by atoms with van der Waals surface area (Å²) in [5.74, 6) is -0.959. The van der Waals surface area contributed by atoms with Crippen LogP contribution in [0.3, 0.4) is 0 Å². The minimum Gasteiger partial charge on any atom is -0.481 e. The van der Waals surface area contributed by atoms with Crippen LogP contribution in [-0.4, -0.2) is 33.5 Å². The van der Waals surface area contributed by atoms with Crippen LogP contribution in [0.2, 0.25) is 0 Å². The second kappa shape index (κ2) is 4.24. The number of hydrogen-bond donors (Lipinski definition) is 3. The standard InChI is InChI=1S/C6H12O4/c1-4(7)5(8)2-3-6(9)10/h4-5,7-8H,2-3H2,1H3,(H,9,10)/t4?,5-/m1/s1. The van der Waals surface area contributed by atoms with Crippen molar-refractivity contribution in [3.63, 3.8) is 0 Å². The zero-order valence-electron chi connectivity index (χ0n) is 5.82. The van der Waals surface area contributed by atoms with Gasteiger partial charge >= 0.3 is 5.97 Å². The maximum Gasteiger partial charge on any atom is 0.303 e. The van der Waals surface area contributed by atoms with Crippen LogP contribution in [0.5, 0.6) is 0 Å². The third-order valence-electron chi connectivity index (χ3n) is 1.21. The fourth-order valence-electron chi connectivity index (χ4n) is 0.513. The SMILES string of the molecule is CC(O)[C@H](O)CCC(=O)O. The van der Waals surface area contributed by atoms with Gasteiger partial charge in [-0.3, -0.25) is 4.79 Å². The van der Waals surface area contributed by atoms with Gasteiger partial charge in [-0.05, 0) is 13.3 Å². The average Bonchev–Trinajstić information content (AvgIpc) is 1.82. The molecule has 0 bridgehead atoms. The highest BCUT2D eigenvalue weighted by atomic mass is 16.4. The molecule has 0 aromatic rings. The number of aliphatic hydroxyl groups excluding tert-OH is 2. The second-order valence-electron chi connectivity index (χ2n) is 2.24. The summed E-state index contributed by atoms with van der Waals surface area (Å²) in [4.78, 5) is 9.93. The molecule has 0 saturated carbocycles. The topological polar surface area (TPSA) is 77.8 Å². The van der Waals surface area contributed by atoms with Gasteiger partial charge in [-0.2, -0.15) is 0 Å². The van der Waals surface area contributed by atoms with E-state index in [-0.39, 0.29) is 12.8 Å². The van der Waals surface area contributed by atoms with E-state index in [1.54, 1.807) is 0 Å². The Bertz CT molecular complexity index is 110. The molecule has 0 aromatic heterocycles. The first-order valence-corrected chi connectivity index (χ1v) is 3.12. The van der Waals surface area contributed by atoms with Gasteiger partial charge < -0.3 is 15.3 Å². The number of aliphatic hydroxyl groups is 2. The lowest BCUT2D eigenvalue weighted by Gasteiger charge is -2.10. The first-order chi connectivity index (χ1) is 4.54. The first-order valence-electron chi connectivity index (χ1n) is 3.12. The van der Waals surface area contributed by atoms with Gasteiger partial charge in [0.15, 0.2) is 0 Å². The van der Waals surface area contributed by atoms with Gasteiger partial charge in [0, 0.05) is 6.42 Å². The van der Waals surface area contributed by atoms with Gasteiger partial charge in [-0.25, -0.2) is 0 Å². The van der Waals surface area contributed by atoms with Crippen molar-refractivity contribution >= 4 is 5.97 Å². The molecular formula is C6H12O4.